The highest BCUT2D eigenvalue weighted by molar-refractivity contribution is 14.0. The van der Waals surface area contributed by atoms with Crippen molar-refractivity contribution < 1.29 is 8.42 Å². The normalized spacial score (nSPS) is 11.9. The molecular weight excluding hydrogens is 503 g/mol. The predicted octanol–water partition coefficient (Wildman–Crippen LogP) is 2.05. The summed E-state index contributed by atoms with van der Waals surface area (Å²) < 4.78 is 25.0. The van der Waals surface area contributed by atoms with Gasteiger partial charge in [-0.3, -0.25) is 4.40 Å². The van der Waals surface area contributed by atoms with E-state index in [0.29, 0.717) is 23.9 Å². The number of hydrogen-bond donors (Lipinski definition) is 2. The Labute approximate surface area is 187 Å². The van der Waals surface area contributed by atoms with Gasteiger partial charge >= 0.3 is 0 Å². The lowest BCUT2D eigenvalue weighted by Gasteiger charge is -2.11. The lowest BCUT2D eigenvalue weighted by atomic mass is 10.1. The number of aromatic nitrogens is 3. The molecule has 0 aliphatic carbocycles. The van der Waals surface area contributed by atoms with Gasteiger partial charge in [0.2, 0.25) is 0 Å². The van der Waals surface area contributed by atoms with Crippen molar-refractivity contribution in [3.63, 3.8) is 0 Å². The van der Waals surface area contributed by atoms with E-state index in [4.69, 9.17) is 0 Å². The van der Waals surface area contributed by atoms with Crippen LogP contribution < -0.4 is 10.6 Å². The number of rotatable bonds is 7. The molecule has 0 bridgehead atoms. The maximum absolute atomic E-state index is 11.5. The van der Waals surface area contributed by atoms with Gasteiger partial charge in [-0.05, 0) is 43.2 Å². The van der Waals surface area contributed by atoms with Crippen LogP contribution in [-0.2, 0) is 22.8 Å². The molecule has 0 atom stereocenters. The average molecular weight is 528 g/mol. The van der Waals surface area contributed by atoms with Gasteiger partial charge in [0.05, 0.1) is 4.90 Å². The van der Waals surface area contributed by atoms with E-state index in [1.54, 1.807) is 12.1 Å². The molecule has 0 saturated heterocycles. The predicted molar refractivity (Wildman–Crippen MR) is 124 cm³/mol. The fraction of sp³-hybridized carbons (Fsp3) is 0.316. The molecule has 3 aromatic rings. The zero-order chi connectivity index (χ0) is 20.0. The van der Waals surface area contributed by atoms with Crippen molar-refractivity contribution in [3.05, 3.63) is 60.0 Å². The van der Waals surface area contributed by atoms with Gasteiger partial charge in [-0.1, -0.05) is 18.2 Å². The van der Waals surface area contributed by atoms with Crippen LogP contribution in [-0.4, -0.2) is 48.3 Å². The Balaban J connectivity index is 0.00000300. The Morgan fingerprint density at radius 1 is 1.10 bits per heavy atom. The van der Waals surface area contributed by atoms with E-state index in [9.17, 15) is 8.42 Å². The van der Waals surface area contributed by atoms with Crippen molar-refractivity contribution in [1.82, 2.24) is 25.2 Å². The number of nitrogens with zero attached hydrogens (tertiary/aromatic N) is 4. The van der Waals surface area contributed by atoms with Gasteiger partial charge in [0.15, 0.2) is 27.3 Å². The van der Waals surface area contributed by atoms with Crippen LogP contribution in [0.3, 0.4) is 0 Å². The van der Waals surface area contributed by atoms with Crippen LogP contribution in [0.5, 0.6) is 0 Å². The van der Waals surface area contributed by atoms with Crippen LogP contribution in [0, 0.1) is 0 Å². The standard InChI is InChI=1S/C19H24N6O2S.HI/c1-3-20-19(22-14-18-24-23-17-6-4-5-13-25(17)18)21-12-11-15-7-9-16(10-8-15)28(2,26)27;/h4-10,13H,3,11-12,14H2,1-2H3,(H2,20,21,22);1H. The Bertz CT molecular complexity index is 1060. The van der Waals surface area contributed by atoms with Crippen molar-refractivity contribution in [3.8, 4) is 0 Å². The molecular formula is C19H25IN6O2S. The summed E-state index contributed by atoms with van der Waals surface area (Å²) in [6, 6.07) is 12.7. The fourth-order valence-corrected chi connectivity index (χ4v) is 3.35. The van der Waals surface area contributed by atoms with Crippen LogP contribution >= 0.6 is 24.0 Å². The van der Waals surface area contributed by atoms with Crippen LogP contribution in [0.4, 0.5) is 0 Å². The number of nitrogens with one attached hydrogen (secondary N) is 2. The highest BCUT2D eigenvalue weighted by Gasteiger charge is 2.07. The number of halogens is 1. The first kappa shape index (κ1) is 23.1. The number of pyridine rings is 1. The van der Waals surface area contributed by atoms with Crippen LogP contribution in [0.15, 0.2) is 58.5 Å². The maximum Gasteiger partial charge on any atom is 0.191 e. The Hall–Kier alpha value is -2.21. The molecule has 0 radical (unpaired) electrons. The molecule has 2 heterocycles. The SMILES string of the molecule is CCNC(=NCc1nnc2ccccn12)NCCc1ccc(S(C)(=O)=O)cc1.I. The molecule has 3 rings (SSSR count). The number of aliphatic imine (C=N–C) groups is 1. The minimum Gasteiger partial charge on any atom is -0.357 e. The van der Waals surface area contributed by atoms with Gasteiger partial charge in [0.1, 0.15) is 6.54 Å². The van der Waals surface area contributed by atoms with Crippen molar-refractivity contribution in [2.75, 3.05) is 19.3 Å². The number of hydrogen-bond acceptors (Lipinski definition) is 5. The second-order valence-corrected chi connectivity index (χ2v) is 8.35. The molecule has 0 aliphatic heterocycles. The summed E-state index contributed by atoms with van der Waals surface area (Å²) in [5.41, 5.74) is 1.85. The number of benzene rings is 1. The molecule has 8 nitrogen and oxygen atoms in total. The third-order valence-electron chi connectivity index (χ3n) is 4.16. The summed E-state index contributed by atoms with van der Waals surface area (Å²) in [5, 5.41) is 14.8. The van der Waals surface area contributed by atoms with E-state index >= 15 is 0 Å². The second kappa shape index (κ2) is 10.5. The van der Waals surface area contributed by atoms with Crippen molar-refractivity contribution in [1.29, 1.82) is 0 Å². The molecule has 0 saturated carbocycles. The van der Waals surface area contributed by atoms with Gasteiger partial charge in [-0.25, -0.2) is 13.4 Å². The molecule has 156 valence electrons. The number of sulfone groups is 1. The van der Waals surface area contributed by atoms with E-state index in [1.807, 2.05) is 47.9 Å². The van der Waals surface area contributed by atoms with Gasteiger partial charge in [0, 0.05) is 25.5 Å². The minimum absolute atomic E-state index is 0. The van der Waals surface area contributed by atoms with Gasteiger partial charge in [-0.15, -0.1) is 34.2 Å². The molecule has 10 heteroatoms. The summed E-state index contributed by atoms with van der Waals surface area (Å²) >= 11 is 0. The Morgan fingerprint density at radius 3 is 2.55 bits per heavy atom. The third-order valence-corrected chi connectivity index (χ3v) is 5.29. The molecule has 0 fully saturated rings. The topological polar surface area (TPSA) is 101 Å². The van der Waals surface area contributed by atoms with Crippen LogP contribution in [0.1, 0.15) is 18.3 Å². The van der Waals surface area contributed by atoms with Crippen LogP contribution in [0.25, 0.3) is 5.65 Å². The lowest BCUT2D eigenvalue weighted by molar-refractivity contribution is 0.602. The zero-order valence-electron chi connectivity index (χ0n) is 16.4. The summed E-state index contributed by atoms with van der Waals surface area (Å²) in [5.74, 6) is 1.46. The molecule has 0 unspecified atom stereocenters. The Morgan fingerprint density at radius 2 is 1.86 bits per heavy atom. The first-order valence-electron chi connectivity index (χ1n) is 9.07. The van der Waals surface area contributed by atoms with E-state index in [0.717, 1.165) is 30.0 Å². The molecule has 1 aromatic carbocycles. The second-order valence-electron chi connectivity index (χ2n) is 6.33. The van der Waals surface area contributed by atoms with Crippen LogP contribution in [0.2, 0.25) is 0 Å². The molecule has 0 aliphatic rings. The van der Waals surface area contributed by atoms with Crippen molar-refractivity contribution in [2.45, 2.75) is 24.8 Å². The number of guanidine groups is 1. The fourth-order valence-electron chi connectivity index (χ4n) is 2.72. The monoisotopic (exact) mass is 528 g/mol. The largest absolute Gasteiger partial charge is 0.357 e. The van der Waals surface area contributed by atoms with Crippen molar-refractivity contribution >= 4 is 45.4 Å². The van der Waals surface area contributed by atoms with E-state index in [-0.39, 0.29) is 24.0 Å². The molecule has 2 N–H and O–H groups in total. The van der Waals surface area contributed by atoms with E-state index in [2.05, 4.69) is 25.8 Å². The van der Waals surface area contributed by atoms with E-state index in [1.165, 1.54) is 6.26 Å². The van der Waals surface area contributed by atoms with Crippen molar-refractivity contribution in [2.24, 2.45) is 4.99 Å². The summed E-state index contributed by atoms with van der Waals surface area (Å²) in [6.07, 6.45) is 3.88. The molecule has 2 aromatic heterocycles. The van der Waals surface area contributed by atoms with Gasteiger partial charge in [-0.2, -0.15) is 0 Å². The quantitative estimate of drug-likeness (QED) is 0.277. The summed E-state index contributed by atoms with van der Waals surface area (Å²) in [4.78, 5) is 4.91. The minimum atomic E-state index is -3.16. The molecule has 0 amide bonds. The first-order chi connectivity index (χ1) is 13.5. The van der Waals surface area contributed by atoms with Gasteiger partial charge < -0.3 is 10.6 Å². The third kappa shape index (κ3) is 6.39. The average Bonchev–Trinajstić information content (AvgIpc) is 3.09. The van der Waals surface area contributed by atoms with Gasteiger partial charge in [0.25, 0.3) is 0 Å². The molecule has 0 spiro atoms. The summed E-state index contributed by atoms with van der Waals surface area (Å²) in [7, 11) is -3.16. The maximum atomic E-state index is 11.5. The van der Waals surface area contributed by atoms with E-state index < -0.39 is 9.84 Å². The highest BCUT2D eigenvalue weighted by Crippen LogP contribution is 2.10. The highest BCUT2D eigenvalue weighted by atomic mass is 127. The number of fused-ring (bicyclic) bond motifs is 1. The molecule has 29 heavy (non-hydrogen) atoms. The smallest absolute Gasteiger partial charge is 0.191 e. The summed E-state index contributed by atoms with van der Waals surface area (Å²) in [6.45, 7) is 3.83. The Kier molecular flexibility index (Phi) is 8.38. The zero-order valence-corrected chi connectivity index (χ0v) is 19.5. The lowest BCUT2D eigenvalue weighted by Crippen LogP contribution is -2.38. The first-order valence-corrected chi connectivity index (χ1v) is 11.0.